The van der Waals surface area contributed by atoms with E-state index in [2.05, 4.69) is 25.1 Å². The minimum absolute atomic E-state index is 0.00244. The monoisotopic (exact) mass is 539 g/mol. The van der Waals surface area contributed by atoms with Crippen molar-refractivity contribution in [3.63, 3.8) is 0 Å². The van der Waals surface area contributed by atoms with Gasteiger partial charge < -0.3 is 24.5 Å². The van der Waals surface area contributed by atoms with Gasteiger partial charge in [0.2, 0.25) is 7.44 Å². The molecule has 2 aromatic rings. The predicted octanol–water partition coefficient (Wildman–Crippen LogP) is 2.36. The van der Waals surface area contributed by atoms with Crippen molar-refractivity contribution in [2.45, 2.75) is 97.2 Å². The van der Waals surface area contributed by atoms with Crippen molar-refractivity contribution in [1.82, 2.24) is 29.7 Å². The molecule has 1 aliphatic carbocycles. The van der Waals surface area contributed by atoms with Gasteiger partial charge in [-0.3, -0.25) is 14.2 Å². The van der Waals surface area contributed by atoms with E-state index in [1.807, 2.05) is 6.92 Å². The summed E-state index contributed by atoms with van der Waals surface area (Å²) in [5, 5.41) is 5.85. The van der Waals surface area contributed by atoms with Crippen LogP contribution in [0.3, 0.4) is 0 Å². The van der Waals surface area contributed by atoms with E-state index in [9.17, 15) is 14.2 Å². The van der Waals surface area contributed by atoms with Crippen molar-refractivity contribution < 1.29 is 28.4 Å². The molecule has 3 rings (SSSR count). The van der Waals surface area contributed by atoms with Gasteiger partial charge in [-0.2, -0.15) is 0 Å². The number of aromatic nitrogens is 4. The highest BCUT2D eigenvalue weighted by molar-refractivity contribution is 7.59. The Balaban J connectivity index is 1.64. The summed E-state index contributed by atoms with van der Waals surface area (Å²) in [6, 6.07) is -1.35. The van der Waals surface area contributed by atoms with Crippen LogP contribution in [0.2, 0.25) is 0 Å². The fourth-order valence-corrected chi connectivity index (χ4v) is 6.01. The van der Waals surface area contributed by atoms with Crippen molar-refractivity contribution in [3.8, 4) is 0 Å². The van der Waals surface area contributed by atoms with Crippen molar-refractivity contribution >= 4 is 36.4 Å². The van der Waals surface area contributed by atoms with Crippen LogP contribution in [-0.4, -0.2) is 68.2 Å². The number of nitrogens with two attached hydrogens (primary N) is 1. The predicted molar refractivity (Wildman–Crippen MR) is 138 cm³/mol. The zero-order valence-corrected chi connectivity index (χ0v) is 22.9. The molecule has 0 unspecified atom stereocenters. The number of rotatable bonds is 14. The molecule has 0 aromatic carbocycles. The van der Waals surface area contributed by atoms with Crippen LogP contribution in [0.25, 0.3) is 11.2 Å². The van der Waals surface area contributed by atoms with Crippen LogP contribution in [0, 0.1) is 0 Å². The lowest BCUT2D eigenvalue weighted by Crippen LogP contribution is -2.42. The molecule has 14 heteroatoms. The number of esters is 2. The molecule has 2 aromatic heterocycles. The molecule has 1 fully saturated rings. The molecule has 4 atom stereocenters. The number of nitrogen functional groups attached to an aromatic ring is 1. The van der Waals surface area contributed by atoms with E-state index in [0.717, 1.165) is 19.3 Å². The summed E-state index contributed by atoms with van der Waals surface area (Å²) in [7, 11) is -3.51. The maximum Gasteiger partial charge on any atom is 0.323 e. The molecule has 0 spiro atoms. The number of hydrogen-bond donors (Lipinski definition) is 3. The Kier molecular flexibility index (Phi) is 10.00. The Morgan fingerprint density at radius 1 is 1.16 bits per heavy atom. The number of nitrogens with one attached hydrogen (secondary N) is 2. The van der Waals surface area contributed by atoms with Crippen molar-refractivity contribution in [2.75, 3.05) is 12.1 Å². The van der Waals surface area contributed by atoms with E-state index in [-0.39, 0.29) is 30.8 Å². The minimum atomic E-state index is -3.51. The lowest BCUT2D eigenvalue weighted by atomic mass is 9.96. The third kappa shape index (κ3) is 8.46. The molecule has 0 radical (unpaired) electrons. The minimum Gasteiger partial charge on any atom is -0.463 e. The highest BCUT2D eigenvalue weighted by Gasteiger charge is 2.33. The first-order chi connectivity index (χ1) is 17.5. The van der Waals surface area contributed by atoms with E-state index >= 15 is 0 Å². The number of imidazole rings is 1. The Labute approximate surface area is 216 Å². The van der Waals surface area contributed by atoms with E-state index in [1.165, 1.54) is 6.33 Å². The maximum atomic E-state index is 13.9. The first kappa shape index (κ1) is 29.0. The zero-order chi connectivity index (χ0) is 27.2. The fourth-order valence-electron chi connectivity index (χ4n) is 3.79. The molecule has 0 aliphatic heterocycles. The van der Waals surface area contributed by atoms with Crippen LogP contribution in [0.15, 0.2) is 12.7 Å². The van der Waals surface area contributed by atoms with Crippen molar-refractivity contribution in [3.05, 3.63) is 12.7 Å². The van der Waals surface area contributed by atoms with Crippen LogP contribution in [0.4, 0.5) is 5.82 Å². The molecule has 1 aliphatic rings. The molecular formula is C23H38N7O6P. The highest BCUT2D eigenvalue weighted by Crippen LogP contribution is 2.38. The average Bonchev–Trinajstić information content (AvgIpc) is 3.17. The van der Waals surface area contributed by atoms with Crippen LogP contribution in [0.5, 0.6) is 0 Å². The third-order valence-corrected chi connectivity index (χ3v) is 7.96. The summed E-state index contributed by atoms with van der Waals surface area (Å²) >= 11 is 0. The maximum absolute atomic E-state index is 13.9. The lowest BCUT2D eigenvalue weighted by molar-refractivity contribution is -0.154. The van der Waals surface area contributed by atoms with Gasteiger partial charge in [-0.05, 0) is 53.9 Å². The molecule has 13 nitrogen and oxygen atoms in total. The Hall–Kier alpha value is -2.60. The van der Waals surface area contributed by atoms with Crippen molar-refractivity contribution in [2.24, 2.45) is 0 Å². The van der Waals surface area contributed by atoms with Gasteiger partial charge in [0.1, 0.15) is 30.3 Å². The molecule has 1 saturated carbocycles. The normalized spacial score (nSPS) is 18.1. The van der Waals surface area contributed by atoms with Crippen LogP contribution < -0.4 is 15.9 Å². The van der Waals surface area contributed by atoms with E-state index < -0.39 is 37.6 Å². The van der Waals surface area contributed by atoms with Gasteiger partial charge in [-0.15, -0.1) is 0 Å². The molecule has 0 bridgehead atoms. The van der Waals surface area contributed by atoms with Gasteiger partial charge in [0.25, 0.3) is 0 Å². The van der Waals surface area contributed by atoms with Gasteiger partial charge in [-0.25, -0.2) is 25.1 Å². The number of carbonyl (C=O) groups excluding carboxylic acids is 2. The van der Waals surface area contributed by atoms with E-state index in [0.29, 0.717) is 17.7 Å². The Morgan fingerprint density at radius 3 is 2.54 bits per heavy atom. The van der Waals surface area contributed by atoms with Gasteiger partial charge in [0, 0.05) is 6.04 Å². The highest BCUT2D eigenvalue weighted by atomic mass is 31.2. The molecule has 2 heterocycles. The van der Waals surface area contributed by atoms with Gasteiger partial charge >= 0.3 is 11.9 Å². The second-order valence-electron chi connectivity index (χ2n) is 9.79. The number of hydrogen-bond acceptors (Lipinski definition) is 10. The summed E-state index contributed by atoms with van der Waals surface area (Å²) in [6.45, 7) is 9.02. The number of fused-ring (bicyclic) bond motifs is 1. The van der Waals surface area contributed by atoms with Crippen molar-refractivity contribution in [1.29, 1.82) is 0 Å². The van der Waals surface area contributed by atoms with Crippen LogP contribution in [-0.2, 0) is 34.9 Å². The summed E-state index contributed by atoms with van der Waals surface area (Å²) < 4.78 is 32.3. The van der Waals surface area contributed by atoms with E-state index in [1.54, 1.807) is 38.6 Å². The summed E-state index contributed by atoms with van der Waals surface area (Å²) in [4.78, 5) is 37.0. The van der Waals surface area contributed by atoms with Gasteiger partial charge in [0.15, 0.2) is 11.5 Å². The Bertz CT molecular complexity index is 1120. The summed E-state index contributed by atoms with van der Waals surface area (Å²) in [5.41, 5.74) is 6.91. The quantitative estimate of drug-likeness (QED) is 0.237. The zero-order valence-electron chi connectivity index (χ0n) is 22.0. The number of carbonyl (C=O) groups is 2. The number of nitrogens with zero attached hydrogens (tertiary/aromatic N) is 4. The second-order valence-corrected chi connectivity index (χ2v) is 12.0. The molecule has 206 valence electrons. The van der Waals surface area contributed by atoms with Gasteiger partial charge in [-0.1, -0.05) is 0 Å². The third-order valence-electron chi connectivity index (χ3n) is 5.78. The summed E-state index contributed by atoms with van der Waals surface area (Å²) in [5.74, 6) is -0.613. The van der Waals surface area contributed by atoms with Gasteiger partial charge in [0.05, 0.1) is 31.5 Å². The van der Waals surface area contributed by atoms with E-state index in [4.69, 9.17) is 19.9 Å². The SMILES string of the molecule is CC(C)OC(=O)C[C@H](C)N[P@](=O)(CO[C@H](C)Cn1cnc2c(N)ncnc21)N[C@H](C)C(=O)OC1CCC1. The molecule has 37 heavy (non-hydrogen) atoms. The molecular weight excluding hydrogens is 501 g/mol. The smallest absolute Gasteiger partial charge is 0.323 e. The second kappa shape index (κ2) is 12.8. The first-order valence-corrected chi connectivity index (χ1v) is 14.4. The van der Waals surface area contributed by atoms with Crippen LogP contribution >= 0.6 is 7.44 Å². The standard InChI is InChI=1S/C23H38N7O6P/c1-14(2)35-19(31)9-15(3)28-37(33,29-17(5)23(32)36-18-7-6-8-18)13-34-16(4)10-30-12-27-20-21(24)25-11-26-22(20)30/h11-12,14-18H,6-10,13H2,1-5H3,(H2,24,25,26)(H2,28,29,33)/t15-,16+,17+,37+/m0/s1. The number of anilines is 1. The first-order valence-electron chi connectivity index (χ1n) is 12.5. The fraction of sp³-hybridized carbons (Fsp3) is 0.696. The average molecular weight is 540 g/mol. The lowest BCUT2D eigenvalue weighted by Gasteiger charge is -2.30. The Morgan fingerprint density at radius 2 is 1.89 bits per heavy atom. The molecule has 0 saturated heterocycles. The molecule has 0 amide bonds. The van der Waals surface area contributed by atoms with Crippen LogP contribution in [0.1, 0.15) is 60.3 Å². The molecule has 4 N–H and O–H groups in total. The number of ether oxygens (including phenoxy) is 3. The topological polar surface area (TPSA) is 173 Å². The largest absolute Gasteiger partial charge is 0.463 e. The summed E-state index contributed by atoms with van der Waals surface area (Å²) in [6.07, 6.45) is 4.68.